The molecule has 4 heteroatoms. The van der Waals surface area contributed by atoms with Crippen LogP contribution in [0.25, 0.3) is 0 Å². The van der Waals surface area contributed by atoms with Gasteiger partial charge in [-0.2, -0.15) is 0 Å². The molecular weight excluding hydrogens is 246 g/mol. The predicted octanol–water partition coefficient (Wildman–Crippen LogP) is 2.61. The van der Waals surface area contributed by atoms with E-state index < -0.39 is 9.84 Å². The van der Waals surface area contributed by atoms with E-state index in [-0.39, 0.29) is 5.25 Å². The molecule has 0 amide bonds. The first-order valence-electron chi connectivity index (χ1n) is 7.33. The zero-order valence-corrected chi connectivity index (χ0v) is 13.1. The van der Waals surface area contributed by atoms with Crippen molar-refractivity contribution in [2.24, 2.45) is 11.8 Å². The summed E-state index contributed by atoms with van der Waals surface area (Å²) in [5.74, 6) is 1.55. The van der Waals surface area contributed by atoms with Crippen molar-refractivity contribution >= 4 is 9.84 Å². The highest BCUT2D eigenvalue weighted by molar-refractivity contribution is 7.91. The lowest BCUT2D eigenvalue weighted by Crippen LogP contribution is -2.33. The second-order valence-electron chi connectivity index (χ2n) is 5.96. The maximum absolute atomic E-state index is 11.8. The third-order valence-electron chi connectivity index (χ3n) is 4.37. The predicted molar refractivity (Wildman–Crippen MR) is 77.5 cm³/mol. The van der Waals surface area contributed by atoms with Gasteiger partial charge in [0.1, 0.15) is 0 Å². The molecule has 3 nitrogen and oxygen atoms in total. The van der Waals surface area contributed by atoms with Crippen LogP contribution < -0.4 is 5.32 Å². The van der Waals surface area contributed by atoms with E-state index >= 15 is 0 Å². The van der Waals surface area contributed by atoms with Gasteiger partial charge in [-0.25, -0.2) is 8.42 Å². The summed E-state index contributed by atoms with van der Waals surface area (Å²) in [6, 6.07) is 0.594. The van der Waals surface area contributed by atoms with E-state index in [4.69, 9.17) is 0 Å². The Balaban J connectivity index is 2.41. The Morgan fingerprint density at radius 3 is 2.50 bits per heavy atom. The highest BCUT2D eigenvalue weighted by Crippen LogP contribution is 2.34. The van der Waals surface area contributed by atoms with Gasteiger partial charge in [0, 0.05) is 6.04 Å². The van der Waals surface area contributed by atoms with Gasteiger partial charge in [-0.15, -0.1) is 0 Å². The normalized spacial score (nSPS) is 29.1. The van der Waals surface area contributed by atoms with Crippen LogP contribution in [0.5, 0.6) is 0 Å². The molecule has 3 unspecified atom stereocenters. The quantitative estimate of drug-likeness (QED) is 0.777. The average molecular weight is 275 g/mol. The largest absolute Gasteiger partial charge is 0.314 e. The molecule has 3 atom stereocenters. The Morgan fingerprint density at radius 1 is 1.28 bits per heavy atom. The van der Waals surface area contributed by atoms with E-state index in [0.717, 1.165) is 19.4 Å². The van der Waals surface area contributed by atoms with Crippen LogP contribution >= 0.6 is 0 Å². The maximum atomic E-state index is 11.8. The van der Waals surface area contributed by atoms with Crippen LogP contribution in [0, 0.1) is 11.8 Å². The van der Waals surface area contributed by atoms with E-state index in [1.165, 1.54) is 12.8 Å². The van der Waals surface area contributed by atoms with Gasteiger partial charge >= 0.3 is 0 Å². The minimum atomic E-state index is -2.86. The third kappa shape index (κ3) is 4.23. The minimum absolute atomic E-state index is 0.233. The molecule has 0 heterocycles. The van der Waals surface area contributed by atoms with Gasteiger partial charge in [0.25, 0.3) is 0 Å². The van der Waals surface area contributed by atoms with Gasteiger partial charge in [0.05, 0.1) is 11.0 Å². The lowest BCUT2D eigenvalue weighted by atomic mass is 9.93. The van der Waals surface area contributed by atoms with Crippen LogP contribution in [0.2, 0.25) is 0 Å². The lowest BCUT2D eigenvalue weighted by molar-refractivity contribution is 0.346. The summed E-state index contributed by atoms with van der Waals surface area (Å²) < 4.78 is 23.7. The summed E-state index contributed by atoms with van der Waals surface area (Å²) in [6.45, 7) is 9.08. The summed E-state index contributed by atoms with van der Waals surface area (Å²) in [5.41, 5.74) is 0. The Morgan fingerprint density at radius 2 is 1.94 bits per heavy atom. The van der Waals surface area contributed by atoms with Gasteiger partial charge in [0.15, 0.2) is 9.84 Å². The number of nitrogens with one attached hydrogen (secondary N) is 1. The molecule has 0 bridgehead atoms. The summed E-state index contributed by atoms with van der Waals surface area (Å²) >= 11 is 0. The fourth-order valence-corrected chi connectivity index (χ4v) is 3.93. The van der Waals surface area contributed by atoms with Gasteiger partial charge in [-0.3, -0.25) is 0 Å². The topological polar surface area (TPSA) is 46.2 Å². The molecule has 0 aromatic carbocycles. The Kier molecular flexibility index (Phi) is 6.12. The van der Waals surface area contributed by atoms with Gasteiger partial charge < -0.3 is 5.32 Å². The van der Waals surface area contributed by atoms with Crippen molar-refractivity contribution in [3.63, 3.8) is 0 Å². The maximum Gasteiger partial charge on any atom is 0.152 e. The van der Waals surface area contributed by atoms with Crippen molar-refractivity contribution in [3.05, 3.63) is 0 Å². The van der Waals surface area contributed by atoms with Crippen LogP contribution in [0.15, 0.2) is 0 Å². The van der Waals surface area contributed by atoms with Gasteiger partial charge in [-0.1, -0.05) is 13.8 Å². The fourth-order valence-electron chi connectivity index (χ4n) is 2.82. The second kappa shape index (κ2) is 6.90. The van der Waals surface area contributed by atoms with Crippen molar-refractivity contribution in [1.29, 1.82) is 0 Å². The molecule has 1 rings (SSSR count). The second-order valence-corrected chi connectivity index (χ2v) is 8.64. The summed E-state index contributed by atoms with van der Waals surface area (Å²) in [4.78, 5) is 0. The minimum Gasteiger partial charge on any atom is -0.314 e. The SMILES string of the molecule is CCCNC1CCC(CCS(=O)(=O)C(C)C)C1C. The number of rotatable bonds is 7. The van der Waals surface area contributed by atoms with Crippen LogP contribution in [0.3, 0.4) is 0 Å². The van der Waals surface area contributed by atoms with Gasteiger partial charge in [-0.05, 0) is 57.9 Å². The number of sulfone groups is 1. The lowest BCUT2D eigenvalue weighted by Gasteiger charge is -2.22. The van der Waals surface area contributed by atoms with Crippen molar-refractivity contribution in [2.75, 3.05) is 12.3 Å². The zero-order chi connectivity index (χ0) is 13.8. The van der Waals surface area contributed by atoms with E-state index in [0.29, 0.717) is 23.6 Å². The van der Waals surface area contributed by atoms with E-state index in [1.54, 1.807) is 13.8 Å². The van der Waals surface area contributed by atoms with Crippen molar-refractivity contribution in [1.82, 2.24) is 5.32 Å². The molecule has 1 saturated carbocycles. The molecule has 18 heavy (non-hydrogen) atoms. The zero-order valence-electron chi connectivity index (χ0n) is 12.3. The molecule has 0 aliphatic heterocycles. The standard InChI is InChI=1S/C14H29NO2S/c1-5-9-15-14-7-6-13(12(14)4)8-10-18(16,17)11(2)3/h11-15H,5-10H2,1-4H3. The molecule has 1 N–H and O–H groups in total. The van der Waals surface area contributed by atoms with E-state index in [1.807, 2.05) is 0 Å². The highest BCUT2D eigenvalue weighted by Gasteiger charge is 2.33. The van der Waals surface area contributed by atoms with E-state index in [2.05, 4.69) is 19.2 Å². The smallest absolute Gasteiger partial charge is 0.152 e. The Bertz CT molecular complexity index is 338. The first kappa shape index (κ1) is 16.0. The molecule has 0 aromatic heterocycles. The third-order valence-corrected chi connectivity index (χ3v) is 6.62. The molecule has 108 valence electrons. The number of hydrogen-bond acceptors (Lipinski definition) is 3. The highest BCUT2D eigenvalue weighted by atomic mass is 32.2. The first-order chi connectivity index (χ1) is 8.38. The first-order valence-corrected chi connectivity index (χ1v) is 9.05. The van der Waals surface area contributed by atoms with Crippen molar-refractivity contribution < 1.29 is 8.42 Å². The van der Waals surface area contributed by atoms with Crippen LogP contribution in [-0.4, -0.2) is 32.0 Å². The average Bonchev–Trinajstić information content (AvgIpc) is 2.65. The van der Waals surface area contributed by atoms with Crippen LogP contribution in [0.1, 0.15) is 53.4 Å². The summed E-state index contributed by atoms with van der Waals surface area (Å²) in [5, 5.41) is 3.35. The summed E-state index contributed by atoms with van der Waals surface area (Å²) in [6.07, 6.45) is 4.38. The van der Waals surface area contributed by atoms with E-state index in [9.17, 15) is 8.42 Å². The number of hydrogen-bond donors (Lipinski definition) is 1. The van der Waals surface area contributed by atoms with Gasteiger partial charge in [0.2, 0.25) is 0 Å². The Labute approximate surface area is 113 Å². The molecule has 1 fully saturated rings. The monoisotopic (exact) mass is 275 g/mol. The fraction of sp³-hybridized carbons (Fsp3) is 1.00. The molecule has 0 aromatic rings. The van der Waals surface area contributed by atoms with Crippen molar-refractivity contribution in [3.8, 4) is 0 Å². The summed E-state index contributed by atoms with van der Waals surface area (Å²) in [7, 11) is -2.86. The van der Waals surface area contributed by atoms with Crippen molar-refractivity contribution in [2.45, 2.75) is 64.7 Å². The molecule has 0 radical (unpaired) electrons. The molecule has 1 aliphatic carbocycles. The molecule has 1 aliphatic rings. The van der Waals surface area contributed by atoms with Crippen LogP contribution in [-0.2, 0) is 9.84 Å². The molecule has 0 saturated heterocycles. The molecular formula is C14H29NO2S. The Hall–Kier alpha value is -0.0900. The molecule has 0 spiro atoms. The van der Waals surface area contributed by atoms with Crippen LogP contribution in [0.4, 0.5) is 0 Å².